The van der Waals surface area contributed by atoms with Crippen LogP contribution in [0.15, 0.2) is 0 Å². The van der Waals surface area contributed by atoms with Crippen LogP contribution in [0.3, 0.4) is 0 Å². The second-order valence-corrected chi connectivity index (χ2v) is 2.54. The average Bonchev–Trinajstić information content (AvgIpc) is 1.88. The molecule has 0 aliphatic carbocycles. The zero-order chi connectivity index (χ0) is 7.98. The smallest absolute Gasteiger partial charge is 0.135 e. The first-order valence-electron chi connectivity index (χ1n) is 3.90. The van der Waals surface area contributed by atoms with Gasteiger partial charge in [-0.15, -0.1) is 0 Å². The Labute approximate surface area is 62.2 Å². The molecule has 0 aromatic rings. The van der Waals surface area contributed by atoms with Crippen molar-refractivity contribution in [3.05, 3.63) is 0 Å². The lowest BCUT2D eigenvalue weighted by Crippen LogP contribution is -2.11. The van der Waals surface area contributed by atoms with E-state index in [1.54, 1.807) is 0 Å². The molecule has 1 unspecified atom stereocenters. The minimum atomic E-state index is -0.405. The third-order valence-electron chi connectivity index (χ3n) is 1.48. The van der Waals surface area contributed by atoms with Crippen LogP contribution >= 0.6 is 0 Å². The average molecular weight is 144 g/mol. The maximum Gasteiger partial charge on any atom is 0.135 e. The molecule has 0 fully saturated rings. The summed E-state index contributed by atoms with van der Waals surface area (Å²) in [4.78, 5) is 10.7. The SMILES string of the molecule is CCCC(O)CC(=O)CC. The summed E-state index contributed by atoms with van der Waals surface area (Å²) < 4.78 is 0. The fourth-order valence-corrected chi connectivity index (χ4v) is 0.842. The largest absolute Gasteiger partial charge is 0.393 e. The predicted molar refractivity (Wildman–Crippen MR) is 40.8 cm³/mol. The molecule has 0 radical (unpaired) electrons. The number of carbonyl (C=O) groups excluding carboxylic acids is 1. The topological polar surface area (TPSA) is 37.3 Å². The Balaban J connectivity index is 3.37. The Hall–Kier alpha value is -0.370. The van der Waals surface area contributed by atoms with Gasteiger partial charge >= 0.3 is 0 Å². The number of aliphatic hydroxyl groups excluding tert-OH is 1. The van der Waals surface area contributed by atoms with Crippen molar-refractivity contribution in [1.29, 1.82) is 0 Å². The van der Waals surface area contributed by atoms with E-state index in [9.17, 15) is 4.79 Å². The molecule has 60 valence electrons. The van der Waals surface area contributed by atoms with E-state index in [1.807, 2.05) is 13.8 Å². The Morgan fingerprint density at radius 2 is 2.10 bits per heavy atom. The van der Waals surface area contributed by atoms with Gasteiger partial charge in [-0.05, 0) is 6.42 Å². The molecule has 0 aromatic carbocycles. The Morgan fingerprint density at radius 3 is 2.50 bits per heavy atom. The van der Waals surface area contributed by atoms with Crippen LogP contribution in [0.4, 0.5) is 0 Å². The number of hydrogen-bond donors (Lipinski definition) is 1. The Morgan fingerprint density at radius 1 is 1.50 bits per heavy atom. The van der Waals surface area contributed by atoms with Gasteiger partial charge in [-0.2, -0.15) is 0 Å². The summed E-state index contributed by atoms with van der Waals surface area (Å²) >= 11 is 0. The fourth-order valence-electron chi connectivity index (χ4n) is 0.842. The first-order valence-corrected chi connectivity index (χ1v) is 3.90. The molecule has 0 saturated carbocycles. The van der Waals surface area contributed by atoms with E-state index < -0.39 is 6.10 Å². The Kier molecular flexibility index (Phi) is 5.22. The molecule has 0 aliphatic heterocycles. The first kappa shape index (κ1) is 9.63. The van der Waals surface area contributed by atoms with Crippen LogP contribution in [0.2, 0.25) is 0 Å². The second-order valence-electron chi connectivity index (χ2n) is 2.54. The number of aliphatic hydroxyl groups is 1. The van der Waals surface area contributed by atoms with Crippen molar-refractivity contribution in [2.45, 2.75) is 45.6 Å². The third kappa shape index (κ3) is 4.50. The van der Waals surface area contributed by atoms with Crippen molar-refractivity contribution < 1.29 is 9.90 Å². The summed E-state index contributed by atoms with van der Waals surface area (Å²) in [7, 11) is 0. The first-order chi connectivity index (χ1) is 4.70. The van der Waals surface area contributed by atoms with Gasteiger partial charge in [-0.3, -0.25) is 4.79 Å². The highest BCUT2D eigenvalue weighted by atomic mass is 16.3. The van der Waals surface area contributed by atoms with Gasteiger partial charge in [0.1, 0.15) is 5.78 Å². The van der Waals surface area contributed by atoms with Crippen molar-refractivity contribution in [2.24, 2.45) is 0 Å². The van der Waals surface area contributed by atoms with Gasteiger partial charge in [0.15, 0.2) is 0 Å². The number of carbonyl (C=O) groups is 1. The normalized spacial score (nSPS) is 13.1. The van der Waals surface area contributed by atoms with Crippen LogP contribution in [0.5, 0.6) is 0 Å². The molecule has 0 rings (SSSR count). The minimum absolute atomic E-state index is 0.154. The summed E-state index contributed by atoms with van der Waals surface area (Å²) in [6.45, 7) is 3.82. The number of ketones is 1. The molecule has 2 nitrogen and oxygen atoms in total. The number of hydrogen-bond acceptors (Lipinski definition) is 2. The molecule has 0 amide bonds. The number of rotatable bonds is 5. The van der Waals surface area contributed by atoms with E-state index in [1.165, 1.54) is 0 Å². The lowest BCUT2D eigenvalue weighted by molar-refractivity contribution is -0.120. The maximum atomic E-state index is 10.7. The summed E-state index contributed by atoms with van der Waals surface area (Å²) in [5.74, 6) is 0.154. The van der Waals surface area contributed by atoms with E-state index in [-0.39, 0.29) is 5.78 Å². The second kappa shape index (κ2) is 5.42. The molecule has 1 N–H and O–H groups in total. The minimum Gasteiger partial charge on any atom is -0.393 e. The zero-order valence-electron chi connectivity index (χ0n) is 6.76. The molecule has 0 bridgehead atoms. The van der Waals surface area contributed by atoms with Crippen molar-refractivity contribution in [3.63, 3.8) is 0 Å². The van der Waals surface area contributed by atoms with Gasteiger partial charge < -0.3 is 5.11 Å². The highest BCUT2D eigenvalue weighted by Gasteiger charge is 2.06. The summed E-state index contributed by atoms with van der Waals surface area (Å²) in [6, 6.07) is 0. The van der Waals surface area contributed by atoms with Crippen LogP contribution in [0.25, 0.3) is 0 Å². The summed E-state index contributed by atoms with van der Waals surface area (Å²) in [5.41, 5.74) is 0. The van der Waals surface area contributed by atoms with E-state index in [4.69, 9.17) is 5.11 Å². The van der Waals surface area contributed by atoms with Crippen molar-refractivity contribution >= 4 is 5.78 Å². The standard InChI is InChI=1S/C8H16O2/c1-3-5-8(10)6-7(9)4-2/h8,10H,3-6H2,1-2H3. The molecular weight excluding hydrogens is 128 g/mol. The van der Waals surface area contributed by atoms with Crippen LogP contribution in [0.1, 0.15) is 39.5 Å². The molecule has 1 atom stereocenters. The quantitative estimate of drug-likeness (QED) is 0.635. The van der Waals surface area contributed by atoms with Gasteiger partial charge in [0, 0.05) is 12.8 Å². The van der Waals surface area contributed by atoms with Crippen molar-refractivity contribution in [2.75, 3.05) is 0 Å². The lowest BCUT2D eigenvalue weighted by atomic mass is 10.1. The van der Waals surface area contributed by atoms with Crippen LogP contribution in [-0.2, 0) is 4.79 Å². The molecule has 0 spiro atoms. The molecule has 2 heteroatoms. The predicted octanol–water partition coefficient (Wildman–Crippen LogP) is 1.52. The molecule has 0 saturated heterocycles. The molecule has 10 heavy (non-hydrogen) atoms. The van der Waals surface area contributed by atoms with E-state index in [2.05, 4.69) is 0 Å². The Bertz CT molecular complexity index is 99.4. The lowest BCUT2D eigenvalue weighted by Gasteiger charge is -2.05. The van der Waals surface area contributed by atoms with Crippen LogP contribution in [0, 0.1) is 0 Å². The highest BCUT2D eigenvalue weighted by molar-refractivity contribution is 5.78. The molecule has 0 aliphatic rings. The molecular formula is C8H16O2. The zero-order valence-corrected chi connectivity index (χ0v) is 6.76. The summed E-state index contributed by atoms with van der Waals surface area (Å²) in [6.07, 6.45) is 2.16. The van der Waals surface area contributed by atoms with Crippen molar-refractivity contribution in [1.82, 2.24) is 0 Å². The highest BCUT2D eigenvalue weighted by Crippen LogP contribution is 2.02. The van der Waals surface area contributed by atoms with Gasteiger partial charge in [-0.1, -0.05) is 20.3 Å². The maximum absolute atomic E-state index is 10.7. The summed E-state index contributed by atoms with van der Waals surface area (Å²) in [5, 5.41) is 9.13. The van der Waals surface area contributed by atoms with E-state index >= 15 is 0 Å². The fraction of sp³-hybridized carbons (Fsp3) is 0.875. The number of Topliss-reactive ketones (excluding diaryl/α,β-unsaturated/α-hetero) is 1. The monoisotopic (exact) mass is 144 g/mol. The molecule has 0 aromatic heterocycles. The van der Waals surface area contributed by atoms with Crippen LogP contribution < -0.4 is 0 Å². The third-order valence-corrected chi connectivity index (χ3v) is 1.48. The van der Waals surface area contributed by atoms with Gasteiger partial charge in [-0.25, -0.2) is 0 Å². The van der Waals surface area contributed by atoms with Gasteiger partial charge in [0.2, 0.25) is 0 Å². The van der Waals surface area contributed by atoms with Gasteiger partial charge in [0.05, 0.1) is 6.10 Å². The van der Waals surface area contributed by atoms with E-state index in [0.717, 1.165) is 12.8 Å². The van der Waals surface area contributed by atoms with Crippen molar-refractivity contribution in [3.8, 4) is 0 Å². The van der Waals surface area contributed by atoms with E-state index in [0.29, 0.717) is 12.8 Å². The van der Waals surface area contributed by atoms with Crippen LogP contribution in [-0.4, -0.2) is 17.0 Å². The van der Waals surface area contributed by atoms with Gasteiger partial charge in [0.25, 0.3) is 0 Å². The molecule has 0 heterocycles.